The number of fused-ring (bicyclic) bond motifs is 2. The molecular weight excluding hydrogens is 640 g/mol. The van der Waals surface area contributed by atoms with Crippen LogP contribution in [0.15, 0.2) is 54.9 Å². The van der Waals surface area contributed by atoms with Crippen molar-refractivity contribution in [2.45, 2.75) is 31.1 Å². The zero-order valence-electron chi connectivity index (χ0n) is 24.8. The molecule has 2 fully saturated rings. The van der Waals surface area contributed by atoms with Gasteiger partial charge in [-0.15, -0.1) is 0 Å². The fourth-order valence-electron chi connectivity index (χ4n) is 6.34. The highest BCUT2D eigenvalue weighted by Gasteiger charge is 2.34. The van der Waals surface area contributed by atoms with Gasteiger partial charge in [-0.2, -0.15) is 15.2 Å². The first-order valence-electron chi connectivity index (χ1n) is 14.7. The average Bonchev–Trinajstić information content (AvgIpc) is 3.36. The van der Waals surface area contributed by atoms with E-state index < -0.39 is 29.8 Å². The fraction of sp³-hybridized carbons (Fsp3) is 0.333. The minimum Gasteiger partial charge on any atom is -0.462 e. The third-order valence-corrected chi connectivity index (χ3v) is 9.22. The molecule has 0 aliphatic carbocycles. The number of amides is 1. The van der Waals surface area contributed by atoms with Crippen LogP contribution in [0.25, 0.3) is 32.8 Å². The first-order valence-corrected chi connectivity index (χ1v) is 15.4. The number of carbonyl (C=O) groups excluding carboxylic acids is 1. The monoisotopic (exact) mass is 668 g/mol. The van der Waals surface area contributed by atoms with Crippen molar-refractivity contribution in [3.8, 4) is 23.2 Å². The lowest BCUT2D eigenvalue weighted by atomic mass is 9.96. The van der Waals surface area contributed by atoms with E-state index in [1.165, 1.54) is 4.90 Å². The number of ether oxygens (including phenoxy) is 1. The van der Waals surface area contributed by atoms with Gasteiger partial charge in [-0.25, -0.2) is 13.2 Å². The van der Waals surface area contributed by atoms with Crippen molar-refractivity contribution in [2.24, 2.45) is 0 Å². The number of benzene rings is 3. The van der Waals surface area contributed by atoms with E-state index in [0.717, 1.165) is 5.39 Å². The number of hydrogen-bond acceptors (Lipinski definition) is 7. The van der Waals surface area contributed by atoms with Crippen LogP contribution < -0.4 is 9.64 Å². The molecule has 238 valence electrons. The van der Waals surface area contributed by atoms with Gasteiger partial charge in [0.1, 0.15) is 24.1 Å². The Morgan fingerprint density at radius 2 is 1.89 bits per heavy atom. The summed E-state index contributed by atoms with van der Waals surface area (Å²) < 4.78 is 50.7. The number of likely N-dealkylation sites (tertiary alicyclic amines) is 1. The van der Waals surface area contributed by atoms with Crippen LogP contribution in [-0.4, -0.2) is 83.8 Å². The zero-order valence-corrected chi connectivity index (χ0v) is 26.3. The highest BCUT2D eigenvalue weighted by molar-refractivity contribution is 6.38. The number of nitriles is 1. The average molecular weight is 670 g/mol. The molecule has 3 aromatic carbocycles. The van der Waals surface area contributed by atoms with Gasteiger partial charge in [0.05, 0.1) is 23.6 Å². The van der Waals surface area contributed by atoms with Crippen molar-refractivity contribution in [3.63, 3.8) is 0 Å². The van der Waals surface area contributed by atoms with Gasteiger partial charge in [0.2, 0.25) is 0 Å². The maximum atomic E-state index is 16.8. The van der Waals surface area contributed by atoms with Crippen LogP contribution in [0.4, 0.5) is 19.0 Å². The SMILES string of the molecule is C=C(F)C(=O)N1CCN(c2nc(OC[C@@H]3C[C@@H](F)CN3C)nc3c(F)c(-c4cccc5cccc(Cl)c45)c(Cl)cc23)C[C@@H]1CC#N. The Morgan fingerprint density at radius 3 is 2.59 bits per heavy atom. The first kappa shape index (κ1) is 31.9. The number of nitrogens with zero attached hydrogens (tertiary/aromatic N) is 6. The molecule has 0 radical (unpaired) electrons. The van der Waals surface area contributed by atoms with Gasteiger partial charge in [0, 0.05) is 53.6 Å². The van der Waals surface area contributed by atoms with Crippen LogP contribution >= 0.6 is 23.2 Å². The van der Waals surface area contributed by atoms with E-state index in [9.17, 15) is 18.8 Å². The number of hydrogen-bond donors (Lipinski definition) is 0. The van der Waals surface area contributed by atoms with E-state index >= 15 is 4.39 Å². The smallest absolute Gasteiger partial charge is 0.319 e. The molecule has 0 bridgehead atoms. The summed E-state index contributed by atoms with van der Waals surface area (Å²) in [7, 11) is 1.80. The molecule has 8 nitrogen and oxygen atoms in total. The molecule has 2 saturated heterocycles. The molecule has 46 heavy (non-hydrogen) atoms. The first-order chi connectivity index (χ1) is 22.1. The Bertz CT molecular complexity index is 1900. The molecule has 1 amide bonds. The minimum absolute atomic E-state index is 0.0589. The van der Waals surface area contributed by atoms with Crippen molar-refractivity contribution in [1.29, 1.82) is 5.26 Å². The summed E-state index contributed by atoms with van der Waals surface area (Å²) in [5.74, 6) is -2.47. The molecule has 2 aliphatic heterocycles. The second-order valence-electron chi connectivity index (χ2n) is 11.5. The summed E-state index contributed by atoms with van der Waals surface area (Å²) in [4.78, 5) is 26.5. The summed E-state index contributed by atoms with van der Waals surface area (Å²) >= 11 is 13.4. The van der Waals surface area contributed by atoms with E-state index in [1.54, 1.807) is 42.3 Å². The van der Waals surface area contributed by atoms with Gasteiger partial charge >= 0.3 is 6.01 Å². The molecule has 0 N–H and O–H groups in total. The van der Waals surface area contributed by atoms with Crippen LogP contribution in [0.5, 0.6) is 6.01 Å². The maximum Gasteiger partial charge on any atom is 0.319 e. The maximum absolute atomic E-state index is 16.8. The van der Waals surface area contributed by atoms with Crippen molar-refractivity contribution in [1.82, 2.24) is 19.8 Å². The lowest BCUT2D eigenvalue weighted by Crippen LogP contribution is -2.55. The van der Waals surface area contributed by atoms with Crippen LogP contribution in [0.2, 0.25) is 10.0 Å². The van der Waals surface area contributed by atoms with Crippen LogP contribution in [-0.2, 0) is 4.79 Å². The Hall–Kier alpha value is -4.11. The van der Waals surface area contributed by atoms with Crippen LogP contribution in [0.3, 0.4) is 0 Å². The molecule has 6 rings (SSSR count). The number of carbonyl (C=O) groups is 1. The predicted molar refractivity (Wildman–Crippen MR) is 172 cm³/mol. The Balaban J connectivity index is 1.48. The van der Waals surface area contributed by atoms with E-state index in [2.05, 4.69) is 16.5 Å². The van der Waals surface area contributed by atoms with Crippen molar-refractivity contribution < 1.29 is 22.7 Å². The molecule has 2 aliphatic rings. The standard InChI is InChI=1S/C33H29Cl2F3N6O2/c1-18(36)32(45)44-12-11-43(16-21(44)9-10-39)31-24-14-26(35)28(23-7-3-5-19-6-4-8-25(34)27(19)23)29(38)30(24)40-33(41-31)46-17-22-13-20(37)15-42(22)2/h3-8,14,20-22H,1,9,11-13,15-17H2,2H3/t20-,21+,22+/m1/s1. The summed E-state index contributed by atoms with van der Waals surface area (Å²) in [6, 6.07) is 13.3. The molecule has 4 aromatic rings. The summed E-state index contributed by atoms with van der Waals surface area (Å²) in [6.45, 7) is 3.79. The minimum atomic E-state index is -1.12. The third kappa shape index (κ3) is 5.93. The van der Waals surface area contributed by atoms with Gasteiger partial charge in [-0.05, 0) is 36.6 Å². The Morgan fingerprint density at radius 1 is 1.13 bits per heavy atom. The largest absolute Gasteiger partial charge is 0.462 e. The Kier molecular flexibility index (Phi) is 8.97. The topological polar surface area (TPSA) is 85.6 Å². The number of likely N-dealkylation sites (N-methyl/N-ethyl adjacent to an activating group) is 1. The molecule has 3 heterocycles. The number of anilines is 1. The number of alkyl halides is 1. The van der Waals surface area contributed by atoms with Gasteiger partial charge in [-0.3, -0.25) is 9.69 Å². The number of aromatic nitrogens is 2. The number of halogens is 5. The highest BCUT2D eigenvalue weighted by atomic mass is 35.5. The van der Waals surface area contributed by atoms with Gasteiger partial charge in [0.25, 0.3) is 5.91 Å². The number of piperazine rings is 1. The molecule has 0 spiro atoms. The Labute approximate surface area is 273 Å². The normalized spacial score (nSPS) is 20.3. The fourth-order valence-corrected chi connectivity index (χ4v) is 6.92. The molecule has 0 unspecified atom stereocenters. The van der Waals surface area contributed by atoms with Crippen LogP contribution in [0.1, 0.15) is 12.8 Å². The molecular formula is C33H29Cl2F3N6O2. The summed E-state index contributed by atoms with van der Waals surface area (Å²) in [5, 5.41) is 11.7. The van der Waals surface area contributed by atoms with E-state index in [4.69, 9.17) is 27.9 Å². The quantitative estimate of drug-likeness (QED) is 0.202. The lowest BCUT2D eigenvalue weighted by Gasteiger charge is -2.41. The van der Waals surface area contributed by atoms with E-state index in [-0.39, 0.29) is 85.0 Å². The lowest BCUT2D eigenvalue weighted by molar-refractivity contribution is -0.131. The van der Waals surface area contributed by atoms with E-state index in [1.807, 2.05) is 23.1 Å². The molecule has 3 atom stereocenters. The second-order valence-corrected chi connectivity index (χ2v) is 12.3. The highest BCUT2D eigenvalue weighted by Crippen LogP contribution is 2.43. The van der Waals surface area contributed by atoms with E-state index in [0.29, 0.717) is 16.0 Å². The molecule has 0 saturated carbocycles. The zero-order chi connectivity index (χ0) is 32.7. The van der Waals surface area contributed by atoms with Gasteiger partial charge < -0.3 is 14.5 Å². The molecule has 1 aromatic heterocycles. The van der Waals surface area contributed by atoms with Crippen molar-refractivity contribution in [2.75, 3.05) is 44.7 Å². The van der Waals surface area contributed by atoms with Gasteiger partial charge in [0.15, 0.2) is 11.6 Å². The van der Waals surface area contributed by atoms with Gasteiger partial charge in [-0.1, -0.05) is 60.1 Å². The second kappa shape index (κ2) is 12.9. The summed E-state index contributed by atoms with van der Waals surface area (Å²) in [5.41, 5.74) is 0.502. The van der Waals surface area contributed by atoms with Crippen molar-refractivity contribution in [3.05, 3.63) is 70.7 Å². The van der Waals surface area contributed by atoms with Crippen LogP contribution in [0, 0.1) is 17.1 Å². The predicted octanol–water partition coefficient (Wildman–Crippen LogP) is 6.73. The number of rotatable bonds is 7. The third-order valence-electron chi connectivity index (χ3n) is 8.61. The molecule has 13 heteroatoms. The van der Waals surface area contributed by atoms with Crippen molar-refractivity contribution >= 4 is 56.6 Å². The summed E-state index contributed by atoms with van der Waals surface area (Å²) in [6.07, 6.45) is -0.794.